The van der Waals surface area contributed by atoms with Crippen LogP contribution >= 0.6 is 15.9 Å². The quantitative estimate of drug-likeness (QED) is 0.447. The van der Waals surface area contributed by atoms with Gasteiger partial charge in [-0.3, -0.25) is 4.99 Å². The van der Waals surface area contributed by atoms with Gasteiger partial charge in [-0.05, 0) is 60.9 Å². The highest BCUT2D eigenvalue weighted by Crippen LogP contribution is 2.39. The molecule has 0 radical (unpaired) electrons. The Bertz CT molecular complexity index is 1140. The van der Waals surface area contributed by atoms with E-state index >= 15 is 0 Å². The van der Waals surface area contributed by atoms with Crippen molar-refractivity contribution in [2.75, 3.05) is 39.9 Å². The number of piperazine rings is 1. The molecule has 6 nitrogen and oxygen atoms in total. The first-order chi connectivity index (χ1) is 16.7. The van der Waals surface area contributed by atoms with Gasteiger partial charge in [-0.1, -0.05) is 36.4 Å². The van der Waals surface area contributed by atoms with Gasteiger partial charge in [0.25, 0.3) is 0 Å². The number of halogens is 1. The highest BCUT2D eigenvalue weighted by molar-refractivity contribution is 9.10. The van der Waals surface area contributed by atoms with Crippen LogP contribution in [0.4, 0.5) is 0 Å². The van der Waals surface area contributed by atoms with Gasteiger partial charge in [0.2, 0.25) is 0 Å². The summed E-state index contributed by atoms with van der Waals surface area (Å²) in [6, 6.07) is 4.48. The van der Waals surface area contributed by atoms with Crippen LogP contribution in [0.2, 0.25) is 0 Å². The lowest BCUT2D eigenvalue weighted by Gasteiger charge is -2.29. The largest absolute Gasteiger partial charge is 0.396 e. The van der Waals surface area contributed by atoms with Gasteiger partial charge < -0.3 is 24.6 Å². The number of allylic oxidation sites excluding steroid dienone is 1. The fraction of sp³-hybridized carbons (Fsp3) is 0.536. The Morgan fingerprint density at radius 3 is 2.74 bits per heavy atom. The maximum atomic E-state index is 10.1. The molecule has 1 atom stereocenters. The normalized spacial score (nSPS) is 18.0. The molecular formula is C28H39BrN4O2. The highest BCUT2D eigenvalue weighted by Gasteiger charge is 2.27. The van der Waals surface area contributed by atoms with E-state index < -0.39 is 0 Å². The Kier molecular flexibility index (Phi) is 8.21. The van der Waals surface area contributed by atoms with Crippen LogP contribution in [-0.4, -0.2) is 66.8 Å². The number of hydrogen-bond donors (Lipinski definition) is 2. The predicted molar refractivity (Wildman–Crippen MR) is 149 cm³/mol. The van der Waals surface area contributed by atoms with E-state index in [1.807, 2.05) is 13.1 Å². The Hall–Kier alpha value is -1.93. The Balaban J connectivity index is 1.83. The smallest absolute Gasteiger partial charge is 0.0963 e. The van der Waals surface area contributed by atoms with Gasteiger partial charge in [-0.2, -0.15) is 0 Å². The molecule has 2 aromatic rings. The number of ether oxygens (including phenoxy) is 1. The maximum Gasteiger partial charge on any atom is 0.0963 e. The molecule has 1 aromatic heterocycles. The van der Waals surface area contributed by atoms with Gasteiger partial charge >= 0.3 is 0 Å². The van der Waals surface area contributed by atoms with Crippen LogP contribution in [0.5, 0.6) is 0 Å². The van der Waals surface area contributed by atoms with Crippen LogP contribution in [0, 0.1) is 5.41 Å². The Morgan fingerprint density at radius 1 is 1.31 bits per heavy atom. The van der Waals surface area contributed by atoms with Crippen LogP contribution in [0.25, 0.3) is 17.0 Å². The number of aliphatic imine (C=N–C) groups is 1. The predicted octanol–water partition coefficient (Wildman–Crippen LogP) is 4.78. The van der Waals surface area contributed by atoms with Crippen molar-refractivity contribution in [3.05, 3.63) is 51.4 Å². The van der Waals surface area contributed by atoms with Crippen LogP contribution in [-0.2, 0) is 24.1 Å². The molecule has 1 fully saturated rings. The van der Waals surface area contributed by atoms with E-state index in [2.05, 4.69) is 69.3 Å². The average molecular weight is 544 g/mol. The van der Waals surface area contributed by atoms with Crippen LogP contribution in [0.3, 0.4) is 0 Å². The number of nitrogens with zero attached hydrogens (tertiary/aromatic N) is 3. The zero-order chi connectivity index (χ0) is 25.2. The number of hydrogen-bond acceptors (Lipinski definition) is 5. The minimum absolute atomic E-state index is 0.133. The van der Waals surface area contributed by atoms with Crippen molar-refractivity contribution in [3.8, 4) is 0 Å². The van der Waals surface area contributed by atoms with E-state index in [-0.39, 0.29) is 18.1 Å². The Morgan fingerprint density at radius 2 is 2.06 bits per heavy atom. The minimum atomic E-state index is -0.231. The van der Waals surface area contributed by atoms with Gasteiger partial charge in [0.05, 0.1) is 17.3 Å². The summed E-state index contributed by atoms with van der Waals surface area (Å²) in [5, 5.41) is 14.7. The SMILES string of the molecule is C=C(C=N/C(=C/c1c(CC(C)(C)CO)c2cc(Br)cc3c2n1CCC3)C(C)OC)N1CCNCC1. The van der Waals surface area contributed by atoms with Crippen LogP contribution in [0.1, 0.15) is 44.0 Å². The van der Waals surface area contributed by atoms with E-state index in [1.165, 1.54) is 27.7 Å². The molecule has 7 heteroatoms. The second-order valence-electron chi connectivity index (χ2n) is 10.5. The summed E-state index contributed by atoms with van der Waals surface area (Å²) in [7, 11) is 1.73. The summed E-state index contributed by atoms with van der Waals surface area (Å²) in [4.78, 5) is 7.17. The van der Waals surface area contributed by atoms with Crippen molar-refractivity contribution in [2.24, 2.45) is 10.4 Å². The van der Waals surface area contributed by atoms with Gasteiger partial charge in [-0.25, -0.2) is 0 Å². The molecule has 35 heavy (non-hydrogen) atoms. The van der Waals surface area contributed by atoms with E-state index in [0.717, 1.165) is 67.9 Å². The van der Waals surface area contributed by atoms with Gasteiger partial charge in [0.15, 0.2) is 0 Å². The maximum absolute atomic E-state index is 10.1. The third kappa shape index (κ3) is 5.74. The lowest BCUT2D eigenvalue weighted by Crippen LogP contribution is -2.42. The second kappa shape index (κ2) is 11.0. The molecule has 0 bridgehead atoms. The summed E-state index contributed by atoms with van der Waals surface area (Å²) < 4.78 is 9.29. The van der Waals surface area contributed by atoms with Crippen LogP contribution in [0.15, 0.2) is 39.6 Å². The molecule has 0 amide bonds. The molecule has 2 aliphatic rings. The third-order valence-corrected chi connectivity index (χ3v) is 7.66. The lowest BCUT2D eigenvalue weighted by atomic mass is 9.85. The molecule has 0 aliphatic carbocycles. The standard InChI is InChI=1S/C28H39BrN4O2/c1-19(32-11-8-30-9-12-32)17-31-25(20(2)35-5)15-26-24(16-28(3,4)18-34)23-14-22(29)13-21-7-6-10-33(26)27(21)23/h13-15,17,20,30,34H,1,6-12,16,18H2,2-5H3/b25-15+,31-17?. The molecule has 1 aromatic carbocycles. The number of aliphatic hydroxyl groups is 1. The summed E-state index contributed by atoms with van der Waals surface area (Å²) >= 11 is 3.74. The van der Waals surface area contributed by atoms with E-state index in [0.29, 0.717) is 0 Å². The number of rotatable bonds is 9. The minimum Gasteiger partial charge on any atom is -0.396 e. The molecular weight excluding hydrogens is 504 g/mol. The molecule has 1 saturated heterocycles. The van der Waals surface area contributed by atoms with Crippen LogP contribution < -0.4 is 5.32 Å². The first-order valence-electron chi connectivity index (χ1n) is 12.6. The first-order valence-corrected chi connectivity index (χ1v) is 13.4. The molecule has 4 rings (SSSR count). The third-order valence-electron chi connectivity index (χ3n) is 7.20. The molecule has 1 unspecified atom stereocenters. The van der Waals surface area contributed by atoms with Crippen molar-refractivity contribution >= 4 is 39.1 Å². The van der Waals surface area contributed by atoms with Crippen molar-refractivity contribution < 1.29 is 9.84 Å². The van der Waals surface area contributed by atoms with Gasteiger partial charge in [-0.15, -0.1) is 0 Å². The number of nitrogens with one attached hydrogen (secondary N) is 1. The average Bonchev–Trinajstić information content (AvgIpc) is 3.14. The van der Waals surface area contributed by atoms with Crippen molar-refractivity contribution in [1.29, 1.82) is 0 Å². The number of aryl methyl sites for hydroxylation is 2. The molecule has 3 heterocycles. The number of methoxy groups -OCH3 is 1. The molecule has 190 valence electrons. The second-order valence-corrected chi connectivity index (χ2v) is 11.4. The molecule has 0 saturated carbocycles. The summed E-state index contributed by atoms with van der Waals surface area (Å²) in [6.07, 6.45) is 6.87. The highest BCUT2D eigenvalue weighted by atomic mass is 79.9. The molecule has 2 aliphatic heterocycles. The van der Waals surface area contributed by atoms with E-state index in [1.54, 1.807) is 7.11 Å². The number of benzene rings is 1. The summed E-state index contributed by atoms with van der Waals surface area (Å²) in [6.45, 7) is 15.5. The van der Waals surface area contributed by atoms with Crippen molar-refractivity contribution in [2.45, 2.75) is 52.7 Å². The number of aromatic nitrogens is 1. The summed E-state index contributed by atoms with van der Waals surface area (Å²) in [5.74, 6) is 0. The van der Waals surface area contributed by atoms with Gasteiger partial charge in [0, 0.05) is 73.9 Å². The summed E-state index contributed by atoms with van der Waals surface area (Å²) in [5.41, 5.74) is 6.69. The topological polar surface area (TPSA) is 62.0 Å². The van der Waals surface area contributed by atoms with E-state index in [9.17, 15) is 5.11 Å². The zero-order valence-corrected chi connectivity index (χ0v) is 23.1. The Labute approximate surface area is 217 Å². The molecule has 2 N–H and O–H groups in total. The lowest BCUT2D eigenvalue weighted by molar-refractivity contribution is 0.147. The van der Waals surface area contributed by atoms with Gasteiger partial charge in [0.1, 0.15) is 0 Å². The van der Waals surface area contributed by atoms with E-state index in [4.69, 9.17) is 9.73 Å². The monoisotopic (exact) mass is 542 g/mol. The van der Waals surface area contributed by atoms with Crippen molar-refractivity contribution in [1.82, 2.24) is 14.8 Å². The number of aliphatic hydroxyl groups excluding tert-OH is 1. The van der Waals surface area contributed by atoms with Crippen molar-refractivity contribution in [3.63, 3.8) is 0 Å². The molecule has 0 spiro atoms. The zero-order valence-electron chi connectivity index (χ0n) is 21.5. The fourth-order valence-electron chi connectivity index (χ4n) is 5.06. The fourth-order valence-corrected chi connectivity index (χ4v) is 5.57. The first kappa shape index (κ1) is 26.1.